The van der Waals surface area contributed by atoms with Gasteiger partial charge in [-0.2, -0.15) is 0 Å². The van der Waals surface area contributed by atoms with Crippen molar-refractivity contribution in [1.82, 2.24) is 0 Å². The molecule has 3 N–H and O–H groups in total. The van der Waals surface area contributed by atoms with Crippen LogP contribution in [0.15, 0.2) is 23.3 Å². The average molecular weight is 213 g/mol. The second-order valence-electron chi connectivity index (χ2n) is 3.90. The van der Waals surface area contributed by atoms with E-state index in [1.165, 1.54) is 12.2 Å². The molecule has 0 aromatic rings. The van der Waals surface area contributed by atoms with E-state index < -0.39 is 11.6 Å². The summed E-state index contributed by atoms with van der Waals surface area (Å²) in [4.78, 5) is 10.7. The molecule has 0 aromatic heterocycles. The molecule has 0 fully saturated rings. The van der Waals surface area contributed by atoms with E-state index >= 15 is 0 Å². The third-order valence-corrected chi connectivity index (χ3v) is 2.78. The zero-order valence-electron chi connectivity index (χ0n) is 8.96. The number of alkyl halides is 1. The van der Waals surface area contributed by atoms with Gasteiger partial charge in [-0.1, -0.05) is 19.1 Å². The summed E-state index contributed by atoms with van der Waals surface area (Å²) in [5.41, 5.74) is 4.64. The Kier molecular flexibility index (Phi) is 3.29. The van der Waals surface area contributed by atoms with Gasteiger partial charge in [0.15, 0.2) is 0 Å². The quantitative estimate of drug-likeness (QED) is 0.751. The molecule has 1 aliphatic carbocycles. The second kappa shape index (κ2) is 4.14. The van der Waals surface area contributed by atoms with E-state index in [-0.39, 0.29) is 24.5 Å². The Hall–Kier alpha value is -1.16. The number of carboxylic acid groups (broad SMARTS) is 1. The number of hydrogen-bond donors (Lipinski definition) is 2. The number of halogens is 1. The Balaban J connectivity index is 3.08. The van der Waals surface area contributed by atoms with Gasteiger partial charge in [0.05, 0.1) is 0 Å². The molecule has 15 heavy (non-hydrogen) atoms. The molecule has 84 valence electrons. The van der Waals surface area contributed by atoms with Crippen LogP contribution in [0.25, 0.3) is 0 Å². The SMILES string of the molecule is CCC1(F)CC(C(=O)O)=CC=C1C(C)N. The molecule has 1 rings (SSSR count). The monoisotopic (exact) mass is 213 g/mol. The molecule has 2 unspecified atom stereocenters. The van der Waals surface area contributed by atoms with Crippen molar-refractivity contribution in [3.63, 3.8) is 0 Å². The van der Waals surface area contributed by atoms with Gasteiger partial charge in [-0.25, -0.2) is 9.18 Å². The lowest BCUT2D eigenvalue weighted by Gasteiger charge is -2.32. The normalized spacial score (nSPS) is 28.0. The summed E-state index contributed by atoms with van der Waals surface area (Å²) in [6, 6.07) is -0.387. The number of nitrogens with two attached hydrogens (primary N) is 1. The van der Waals surface area contributed by atoms with Crippen molar-refractivity contribution in [3.8, 4) is 0 Å². The van der Waals surface area contributed by atoms with Gasteiger partial charge in [0.25, 0.3) is 0 Å². The maximum Gasteiger partial charge on any atom is 0.331 e. The van der Waals surface area contributed by atoms with Crippen molar-refractivity contribution in [2.24, 2.45) is 5.73 Å². The summed E-state index contributed by atoms with van der Waals surface area (Å²) >= 11 is 0. The highest BCUT2D eigenvalue weighted by molar-refractivity contribution is 5.87. The summed E-state index contributed by atoms with van der Waals surface area (Å²) < 4.78 is 14.4. The molecule has 0 spiro atoms. The van der Waals surface area contributed by atoms with Gasteiger partial charge in [-0.15, -0.1) is 0 Å². The lowest BCUT2D eigenvalue weighted by atomic mass is 9.79. The molecular weight excluding hydrogens is 197 g/mol. The molecule has 4 heteroatoms. The molecule has 0 aromatic carbocycles. The summed E-state index contributed by atoms with van der Waals surface area (Å²) in [6.07, 6.45) is 3.09. The largest absolute Gasteiger partial charge is 0.478 e. The molecule has 3 nitrogen and oxygen atoms in total. The van der Waals surface area contributed by atoms with E-state index in [9.17, 15) is 9.18 Å². The van der Waals surface area contributed by atoms with Crippen LogP contribution in [0.3, 0.4) is 0 Å². The van der Waals surface area contributed by atoms with Crippen molar-refractivity contribution in [2.45, 2.75) is 38.4 Å². The zero-order chi connectivity index (χ0) is 11.6. The maximum absolute atomic E-state index is 14.4. The Morgan fingerprint density at radius 2 is 2.33 bits per heavy atom. The molecule has 0 radical (unpaired) electrons. The van der Waals surface area contributed by atoms with Crippen LogP contribution < -0.4 is 5.73 Å². The first-order valence-corrected chi connectivity index (χ1v) is 4.99. The molecule has 0 saturated heterocycles. The van der Waals surface area contributed by atoms with E-state index in [0.717, 1.165) is 0 Å². The number of allylic oxidation sites excluding steroid dienone is 2. The van der Waals surface area contributed by atoms with Crippen molar-refractivity contribution in [2.75, 3.05) is 0 Å². The minimum absolute atomic E-state index is 0.0911. The highest BCUT2D eigenvalue weighted by Crippen LogP contribution is 2.37. The lowest BCUT2D eigenvalue weighted by molar-refractivity contribution is -0.133. The summed E-state index contributed by atoms with van der Waals surface area (Å²) in [6.45, 7) is 3.40. The molecule has 0 aliphatic heterocycles. The number of carboxylic acids is 1. The predicted octanol–water partition coefficient (Wildman–Crippen LogP) is 1.79. The summed E-state index contributed by atoms with van der Waals surface area (Å²) in [7, 11) is 0. The van der Waals surface area contributed by atoms with Crippen molar-refractivity contribution < 1.29 is 14.3 Å². The topological polar surface area (TPSA) is 63.3 Å². The smallest absolute Gasteiger partial charge is 0.331 e. The van der Waals surface area contributed by atoms with E-state index in [4.69, 9.17) is 10.8 Å². The van der Waals surface area contributed by atoms with Gasteiger partial charge in [-0.05, 0) is 18.9 Å². The van der Waals surface area contributed by atoms with Crippen LogP contribution in [0.2, 0.25) is 0 Å². The fourth-order valence-corrected chi connectivity index (χ4v) is 1.84. The predicted molar refractivity (Wildman–Crippen MR) is 56.2 cm³/mol. The number of aliphatic carboxylic acids is 1. The standard InChI is InChI=1S/C11H16FNO2/c1-3-11(12)6-8(10(14)15)4-5-9(11)7(2)13/h4-5,7H,3,6,13H2,1-2H3,(H,14,15). The van der Waals surface area contributed by atoms with Crippen LogP contribution in [0.4, 0.5) is 4.39 Å². The van der Waals surface area contributed by atoms with Crippen LogP contribution in [-0.2, 0) is 4.79 Å². The van der Waals surface area contributed by atoms with Gasteiger partial charge in [-0.3, -0.25) is 0 Å². The fraction of sp³-hybridized carbons (Fsp3) is 0.545. The molecule has 1 aliphatic rings. The van der Waals surface area contributed by atoms with Crippen LogP contribution in [0, 0.1) is 0 Å². The van der Waals surface area contributed by atoms with Crippen LogP contribution in [0.1, 0.15) is 26.7 Å². The Morgan fingerprint density at radius 1 is 1.73 bits per heavy atom. The Morgan fingerprint density at radius 3 is 2.73 bits per heavy atom. The van der Waals surface area contributed by atoms with Crippen LogP contribution >= 0.6 is 0 Å². The third-order valence-electron chi connectivity index (χ3n) is 2.78. The first-order chi connectivity index (χ1) is 6.90. The van der Waals surface area contributed by atoms with E-state index in [1.54, 1.807) is 13.8 Å². The first kappa shape index (κ1) is 11.9. The van der Waals surface area contributed by atoms with Gasteiger partial charge in [0.2, 0.25) is 0 Å². The average Bonchev–Trinajstić information content (AvgIpc) is 2.17. The Labute approximate surface area is 88.5 Å². The highest BCUT2D eigenvalue weighted by atomic mass is 19.1. The molecular formula is C11H16FNO2. The van der Waals surface area contributed by atoms with Gasteiger partial charge in [0.1, 0.15) is 5.67 Å². The number of carbonyl (C=O) groups is 1. The maximum atomic E-state index is 14.4. The van der Waals surface area contributed by atoms with E-state index in [0.29, 0.717) is 5.57 Å². The molecule has 0 bridgehead atoms. The minimum Gasteiger partial charge on any atom is -0.478 e. The first-order valence-electron chi connectivity index (χ1n) is 4.99. The molecule has 0 saturated carbocycles. The van der Waals surface area contributed by atoms with Crippen LogP contribution in [0.5, 0.6) is 0 Å². The summed E-state index contributed by atoms with van der Waals surface area (Å²) in [5, 5.41) is 8.80. The fourth-order valence-electron chi connectivity index (χ4n) is 1.84. The molecule has 0 heterocycles. The van der Waals surface area contributed by atoms with Gasteiger partial charge >= 0.3 is 5.97 Å². The molecule has 2 atom stereocenters. The summed E-state index contributed by atoms with van der Waals surface area (Å²) in [5.74, 6) is -1.06. The van der Waals surface area contributed by atoms with Crippen molar-refractivity contribution in [1.29, 1.82) is 0 Å². The minimum atomic E-state index is -1.60. The Bertz CT molecular complexity index is 333. The lowest BCUT2D eigenvalue weighted by Crippen LogP contribution is -2.37. The van der Waals surface area contributed by atoms with Crippen molar-refractivity contribution >= 4 is 5.97 Å². The van der Waals surface area contributed by atoms with Crippen molar-refractivity contribution in [3.05, 3.63) is 23.3 Å². The van der Waals surface area contributed by atoms with E-state index in [2.05, 4.69) is 0 Å². The second-order valence-corrected chi connectivity index (χ2v) is 3.90. The number of rotatable bonds is 3. The van der Waals surface area contributed by atoms with Crippen LogP contribution in [-0.4, -0.2) is 22.8 Å². The third kappa shape index (κ3) is 2.26. The van der Waals surface area contributed by atoms with Gasteiger partial charge in [0, 0.05) is 18.0 Å². The van der Waals surface area contributed by atoms with E-state index in [1.807, 2.05) is 0 Å². The molecule has 0 amide bonds. The van der Waals surface area contributed by atoms with Gasteiger partial charge < -0.3 is 10.8 Å². The number of hydrogen-bond acceptors (Lipinski definition) is 2. The zero-order valence-corrected chi connectivity index (χ0v) is 8.96. The highest BCUT2D eigenvalue weighted by Gasteiger charge is 2.38.